The Kier molecular flexibility index (Phi) is 5.28. The van der Waals surface area contributed by atoms with Crippen LogP contribution in [-0.4, -0.2) is 31.8 Å². The van der Waals surface area contributed by atoms with Crippen LogP contribution in [0.15, 0.2) is 0 Å². The summed E-state index contributed by atoms with van der Waals surface area (Å²) in [4.78, 5) is 10.3. The van der Waals surface area contributed by atoms with E-state index in [1.807, 2.05) is 0 Å². The molecule has 0 spiro atoms. The molecule has 1 N–H and O–H groups in total. The first-order chi connectivity index (χ1) is 5.77. The smallest absolute Gasteiger partial charge is 0.403 e. The summed E-state index contributed by atoms with van der Waals surface area (Å²) in [6.45, 7) is 3.55. The molecule has 80 valence electrons. The van der Waals surface area contributed by atoms with Crippen LogP contribution in [0.1, 0.15) is 13.8 Å². The van der Waals surface area contributed by atoms with Crippen molar-refractivity contribution in [3.05, 3.63) is 0 Å². The highest BCUT2D eigenvalue weighted by atomic mass is 35.5. The standard InChI is InChI=1S/C6H13ClO4S2/c1-6(2,4-11-5(7)8)12(3)13(9)10/h13H,4H2,1-3H3,(H,9,10). The molecule has 4 nitrogen and oxygen atoms in total. The second kappa shape index (κ2) is 5.19. The van der Waals surface area contributed by atoms with Crippen LogP contribution in [0.2, 0.25) is 0 Å². The molecule has 0 aliphatic heterocycles. The molecule has 0 saturated carbocycles. The summed E-state index contributed by atoms with van der Waals surface area (Å²) in [6, 6.07) is 0. The number of carbonyl (C=O) groups is 1. The second-order valence-electron chi connectivity index (χ2n) is 3.00. The Hall–Kier alpha value is 0.220. The first-order valence-electron chi connectivity index (χ1n) is 3.42. The van der Waals surface area contributed by atoms with Gasteiger partial charge in [-0.1, -0.05) is 0 Å². The van der Waals surface area contributed by atoms with Gasteiger partial charge in [0.2, 0.25) is 0 Å². The van der Waals surface area contributed by atoms with Crippen molar-refractivity contribution in [1.82, 2.24) is 0 Å². The highest BCUT2D eigenvalue weighted by molar-refractivity contribution is 8.36. The third-order valence-electron chi connectivity index (χ3n) is 1.57. The van der Waals surface area contributed by atoms with E-state index < -0.39 is 29.3 Å². The Morgan fingerprint density at radius 2 is 2.15 bits per heavy atom. The van der Waals surface area contributed by atoms with Crippen molar-refractivity contribution in [1.29, 1.82) is 0 Å². The number of rotatable bonds is 3. The van der Waals surface area contributed by atoms with Crippen LogP contribution in [-0.2, 0) is 23.8 Å². The number of hydrogen-bond donors (Lipinski definition) is 2. The maximum absolute atomic E-state index is 10.8. The topological polar surface area (TPSA) is 63.6 Å². The van der Waals surface area contributed by atoms with Crippen LogP contribution in [0.5, 0.6) is 0 Å². The summed E-state index contributed by atoms with van der Waals surface area (Å²) >= 11 is 4.97. The number of thiol groups is 1. The second-order valence-corrected chi connectivity index (χ2v) is 8.43. The van der Waals surface area contributed by atoms with Crippen molar-refractivity contribution in [3.63, 3.8) is 0 Å². The van der Waals surface area contributed by atoms with E-state index in [1.54, 1.807) is 20.1 Å². The average molecular weight is 249 g/mol. The molecule has 0 heterocycles. The average Bonchev–Trinajstić information content (AvgIpc) is 1.99. The van der Waals surface area contributed by atoms with E-state index in [0.717, 1.165) is 0 Å². The fourth-order valence-corrected chi connectivity index (χ4v) is 2.66. The zero-order valence-corrected chi connectivity index (χ0v) is 10.1. The van der Waals surface area contributed by atoms with E-state index in [2.05, 4.69) is 4.74 Å². The molecule has 7 heteroatoms. The van der Waals surface area contributed by atoms with Gasteiger partial charge >= 0.3 is 5.43 Å². The first kappa shape index (κ1) is 13.2. The zero-order valence-electron chi connectivity index (χ0n) is 7.61. The molecule has 0 aliphatic carbocycles. The van der Waals surface area contributed by atoms with Gasteiger partial charge in [0, 0.05) is 16.3 Å². The summed E-state index contributed by atoms with van der Waals surface area (Å²) < 4.78 is 23.7. The van der Waals surface area contributed by atoms with Gasteiger partial charge in [0.25, 0.3) is 0 Å². The zero-order chi connectivity index (χ0) is 10.6. The largest absolute Gasteiger partial charge is 0.452 e. The lowest BCUT2D eigenvalue weighted by Crippen LogP contribution is -2.33. The third kappa shape index (κ3) is 4.85. The number of carbonyl (C=O) groups excluding carboxylic acids is 1. The molecule has 0 rings (SSSR count). The minimum absolute atomic E-state index is 0.0522. The predicted molar refractivity (Wildman–Crippen MR) is 56.7 cm³/mol. The summed E-state index contributed by atoms with van der Waals surface area (Å²) in [5, 5.41) is 0. The van der Waals surface area contributed by atoms with Gasteiger partial charge in [-0.3, -0.25) is 0 Å². The molecule has 0 radical (unpaired) electrons. The maximum atomic E-state index is 10.8. The molecule has 0 fully saturated rings. The summed E-state index contributed by atoms with van der Waals surface area (Å²) in [6.07, 6.45) is 1.65. The molecule has 0 aromatic rings. The van der Waals surface area contributed by atoms with Gasteiger partial charge in [-0.25, -0.2) is 9.00 Å². The van der Waals surface area contributed by atoms with Crippen LogP contribution in [0, 0.1) is 0 Å². The van der Waals surface area contributed by atoms with Gasteiger partial charge in [0.05, 0.1) is 9.64 Å². The van der Waals surface area contributed by atoms with Gasteiger partial charge in [-0.05, 0) is 20.1 Å². The van der Waals surface area contributed by atoms with E-state index in [9.17, 15) is 9.00 Å². The van der Waals surface area contributed by atoms with Crippen LogP contribution in [0.25, 0.3) is 0 Å². The summed E-state index contributed by atoms with van der Waals surface area (Å²) in [5.41, 5.74) is -0.891. The molecule has 13 heavy (non-hydrogen) atoms. The molecule has 2 unspecified atom stereocenters. The molecule has 0 aromatic carbocycles. The lowest BCUT2D eigenvalue weighted by molar-refractivity contribution is 0.164. The molecular weight excluding hydrogens is 236 g/mol. The molecule has 2 atom stereocenters. The van der Waals surface area contributed by atoms with Crippen LogP contribution >= 0.6 is 11.6 Å². The molecule has 0 saturated heterocycles. The van der Waals surface area contributed by atoms with Crippen molar-refractivity contribution >= 4 is 36.1 Å². The highest BCUT2D eigenvalue weighted by Crippen LogP contribution is 2.14. The van der Waals surface area contributed by atoms with E-state index >= 15 is 0 Å². The van der Waals surface area contributed by atoms with Gasteiger partial charge in [0.1, 0.15) is 6.61 Å². The Labute approximate surface area is 86.1 Å². The minimum Gasteiger partial charge on any atom is -0.452 e. The SMILES string of the molecule is C/S(=[SH](=O)\O)C(C)(C)COC(=O)Cl. The van der Waals surface area contributed by atoms with Gasteiger partial charge in [0.15, 0.2) is 0 Å². The number of hydrogen-bond acceptors (Lipinski definition) is 3. The monoisotopic (exact) mass is 248 g/mol. The Balaban J connectivity index is 4.50. The molecule has 0 amide bonds. The van der Waals surface area contributed by atoms with Crippen LogP contribution < -0.4 is 0 Å². The summed E-state index contributed by atoms with van der Waals surface area (Å²) in [5.74, 6) is 0. The third-order valence-corrected chi connectivity index (χ3v) is 6.75. The molecule has 0 aliphatic rings. The quantitative estimate of drug-likeness (QED) is 0.583. The number of halogens is 1. The fourth-order valence-electron chi connectivity index (χ4n) is 0.527. The fraction of sp³-hybridized carbons (Fsp3) is 0.833. The lowest BCUT2D eigenvalue weighted by Gasteiger charge is -2.24. The van der Waals surface area contributed by atoms with Crippen molar-refractivity contribution in [2.24, 2.45) is 0 Å². The first-order valence-corrected chi connectivity index (χ1v) is 7.25. The maximum Gasteiger partial charge on any atom is 0.403 e. The number of ether oxygens (including phenoxy) is 1. The highest BCUT2D eigenvalue weighted by Gasteiger charge is 2.22. The van der Waals surface area contributed by atoms with Crippen LogP contribution in [0.4, 0.5) is 4.79 Å². The molecule has 0 bridgehead atoms. The van der Waals surface area contributed by atoms with Gasteiger partial charge in [-0.2, -0.15) is 0 Å². The van der Waals surface area contributed by atoms with Crippen molar-refractivity contribution in [3.8, 4) is 0 Å². The molecular formula is C6H13ClO4S2. The van der Waals surface area contributed by atoms with Crippen molar-refractivity contribution in [2.75, 3.05) is 12.9 Å². The molecule has 0 aromatic heterocycles. The Morgan fingerprint density at radius 1 is 1.69 bits per heavy atom. The van der Waals surface area contributed by atoms with Crippen molar-refractivity contribution in [2.45, 2.75) is 18.6 Å². The van der Waals surface area contributed by atoms with Gasteiger partial charge < -0.3 is 9.29 Å². The van der Waals surface area contributed by atoms with E-state index in [1.165, 1.54) is 0 Å². The van der Waals surface area contributed by atoms with E-state index in [-0.39, 0.29) is 6.61 Å². The Morgan fingerprint density at radius 3 is 2.46 bits per heavy atom. The summed E-state index contributed by atoms with van der Waals surface area (Å²) in [7, 11) is -2.96. The van der Waals surface area contributed by atoms with Crippen LogP contribution in [0.3, 0.4) is 0 Å². The van der Waals surface area contributed by atoms with E-state index in [4.69, 9.17) is 16.2 Å². The lowest BCUT2D eigenvalue weighted by atomic mass is 10.2. The van der Waals surface area contributed by atoms with Crippen molar-refractivity contribution < 1.29 is 18.3 Å². The minimum atomic E-state index is -2.24. The van der Waals surface area contributed by atoms with E-state index in [0.29, 0.717) is 0 Å². The predicted octanol–water partition coefficient (Wildman–Crippen LogP) is 1.26. The Bertz CT molecular complexity index is 280. The van der Waals surface area contributed by atoms with Gasteiger partial charge in [-0.15, -0.1) is 9.45 Å². The normalized spacial score (nSPS) is 16.4.